The van der Waals surface area contributed by atoms with Gasteiger partial charge in [0.25, 0.3) is 11.8 Å². The number of benzene rings is 2. The topological polar surface area (TPSA) is 58.2 Å². The summed E-state index contributed by atoms with van der Waals surface area (Å²) in [6.07, 6.45) is 0. The number of carbonyl (C=O) groups is 2. The molecule has 0 radical (unpaired) electrons. The Labute approximate surface area is 150 Å². The van der Waals surface area contributed by atoms with Crippen LogP contribution in [0.5, 0.6) is 0 Å². The summed E-state index contributed by atoms with van der Waals surface area (Å²) in [5.74, 6) is 0.125. The van der Waals surface area contributed by atoms with Crippen molar-refractivity contribution in [2.45, 2.75) is 20.8 Å². The molecular weight excluding hydrogens is 368 g/mol. The highest BCUT2D eigenvalue weighted by Crippen LogP contribution is 2.18. The highest BCUT2D eigenvalue weighted by molar-refractivity contribution is 9.10. The van der Waals surface area contributed by atoms with Crippen molar-refractivity contribution in [1.29, 1.82) is 0 Å². The second-order valence-electron chi connectivity index (χ2n) is 6.09. The molecule has 0 bridgehead atoms. The zero-order valence-corrected chi connectivity index (χ0v) is 15.6. The van der Waals surface area contributed by atoms with E-state index in [-0.39, 0.29) is 11.8 Å². The van der Waals surface area contributed by atoms with Crippen LogP contribution in [-0.4, -0.2) is 18.4 Å². The van der Waals surface area contributed by atoms with Crippen LogP contribution in [0, 0.1) is 12.8 Å². The number of anilines is 1. The van der Waals surface area contributed by atoms with Crippen LogP contribution in [0.3, 0.4) is 0 Å². The minimum Gasteiger partial charge on any atom is -0.352 e. The van der Waals surface area contributed by atoms with E-state index >= 15 is 0 Å². The van der Waals surface area contributed by atoms with Gasteiger partial charge >= 0.3 is 0 Å². The van der Waals surface area contributed by atoms with E-state index in [2.05, 4.69) is 26.6 Å². The van der Waals surface area contributed by atoms with Crippen LogP contribution in [0.25, 0.3) is 0 Å². The van der Waals surface area contributed by atoms with Crippen molar-refractivity contribution in [3.8, 4) is 0 Å². The minimum atomic E-state index is -0.178. The Morgan fingerprint density at radius 1 is 1.00 bits per heavy atom. The summed E-state index contributed by atoms with van der Waals surface area (Å²) in [7, 11) is 0. The minimum absolute atomic E-state index is 0.0995. The molecule has 2 N–H and O–H groups in total. The van der Waals surface area contributed by atoms with Crippen LogP contribution in [0.4, 0.5) is 5.69 Å². The van der Waals surface area contributed by atoms with E-state index in [0.717, 1.165) is 10.0 Å². The van der Waals surface area contributed by atoms with Gasteiger partial charge in [-0.2, -0.15) is 0 Å². The lowest BCUT2D eigenvalue weighted by molar-refractivity contribution is 0.0948. The number of amides is 2. The molecule has 0 atom stereocenters. The summed E-state index contributed by atoms with van der Waals surface area (Å²) in [5, 5.41) is 5.76. The summed E-state index contributed by atoms with van der Waals surface area (Å²) < 4.78 is 0.923. The van der Waals surface area contributed by atoms with Crippen molar-refractivity contribution in [2.24, 2.45) is 5.92 Å². The van der Waals surface area contributed by atoms with Crippen LogP contribution in [0.15, 0.2) is 46.9 Å². The molecule has 5 heteroatoms. The third kappa shape index (κ3) is 4.93. The third-order valence-corrected chi connectivity index (χ3v) is 4.04. The summed E-state index contributed by atoms with van der Waals surface area (Å²) >= 11 is 3.35. The largest absolute Gasteiger partial charge is 0.352 e. The van der Waals surface area contributed by atoms with Crippen LogP contribution in [0.1, 0.15) is 40.1 Å². The Morgan fingerprint density at radius 3 is 2.21 bits per heavy atom. The number of hydrogen-bond donors (Lipinski definition) is 2. The Bertz CT molecular complexity index is 740. The molecule has 0 aliphatic rings. The molecule has 126 valence electrons. The van der Waals surface area contributed by atoms with Gasteiger partial charge in [-0.25, -0.2) is 0 Å². The van der Waals surface area contributed by atoms with Crippen molar-refractivity contribution in [3.05, 3.63) is 63.6 Å². The lowest BCUT2D eigenvalue weighted by Crippen LogP contribution is -2.27. The van der Waals surface area contributed by atoms with Crippen LogP contribution >= 0.6 is 15.9 Å². The van der Waals surface area contributed by atoms with E-state index in [1.807, 2.05) is 32.9 Å². The van der Waals surface area contributed by atoms with E-state index in [4.69, 9.17) is 0 Å². The quantitative estimate of drug-likeness (QED) is 0.797. The molecule has 0 unspecified atom stereocenters. The molecule has 24 heavy (non-hydrogen) atoms. The predicted octanol–water partition coefficient (Wildman–Crippen LogP) is 4.40. The van der Waals surface area contributed by atoms with Gasteiger partial charge < -0.3 is 10.6 Å². The molecule has 2 aromatic rings. The van der Waals surface area contributed by atoms with Crippen molar-refractivity contribution < 1.29 is 9.59 Å². The summed E-state index contributed by atoms with van der Waals surface area (Å²) in [4.78, 5) is 24.4. The summed E-state index contributed by atoms with van der Waals surface area (Å²) in [6, 6.07) is 12.4. The highest BCUT2D eigenvalue weighted by Gasteiger charge is 2.11. The van der Waals surface area contributed by atoms with E-state index in [1.54, 1.807) is 30.3 Å². The van der Waals surface area contributed by atoms with Gasteiger partial charge in [-0.05, 0) is 60.9 Å². The molecule has 0 aromatic heterocycles. The average Bonchev–Trinajstić information content (AvgIpc) is 2.55. The molecule has 0 spiro atoms. The molecule has 0 saturated heterocycles. The first-order valence-electron chi connectivity index (χ1n) is 7.82. The third-order valence-electron chi connectivity index (χ3n) is 3.51. The summed E-state index contributed by atoms with van der Waals surface area (Å²) in [6.45, 7) is 6.61. The fourth-order valence-electron chi connectivity index (χ4n) is 2.14. The molecule has 2 aromatic carbocycles. The maximum Gasteiger partial charge on any atom is 0.255 e. The van der Waals surface area contributed by atoms with E-state index in [9.17, 15) is 9.59 Å². The van der Waals surface area contributed by atoms with Gasteiger partial charge in [0, 0.05) is 27.8 Å². The summed E-state index contributed by atoms with van der Waals surface area (Å²) in [5.41, 5.74) is 2.71. The molecule has 0 heterocycles. The van der Waals surface area contributed by atoms with E-state index in [0.29, 0.717) is 29.3 Å². The molecular formula is C19H21BrN2O2. The van der Waals surface area contributed by atoms with Gasteiger partial charge in [0.05, 0.1) is 0 Å². The molecule has 0 aliphatic heterocycles. The SMILES string of the molecule is Cc1cc(C(=O)NCC(C)C)ccc1NC(=O)c1ccc(Br)cc1. The number of halogens is 1. The fraction of sp³-hybridized carbons (Fsp3) is 0.263. The normalized spacial score (nSPS) is 10.5. The second-order valence-corrected chi connectivity index (χ2v) is 7.01. The first kappa shape index (κ1) is 18.2. The maximum atomic E-state index is 12.3. The molecule has 0 aliphatic carbocycles. The van der Waals surface area contributed by atoms with Crippen molar-refractivity contribution in [3.63, 3.8) is 0 Å². The van der Waals surface area contributed by atoms with Crippen LogP contribution in [-0.2, 0) is 0 Å². The lowest BCUT2D eigenvalue weighted by atomic mass is 10.1. The molecule has 0 saturated carbocycles. The van der Waals surface area contributed by atoms with Gasteiger partial charge in [0.15, 0.2) is 0 Å². The molecule has 4 nitrogen and oxygen atoms in total. The van der Waals surface area contributed by atoms with Crippen LogP contribution < -0.4 is 10.6 Å². The van der Waals surface area contributed by atoms with Gasteiger partial charge in [-0.1, -0.05) is 29.8 Å². The predicted molar refractivity (Wildman–Crippen MR) is 100 cm³/mol. The van der Waals surface area contributed by atoms with Crippen molar-refractivity contribution in [2.75, 3.05) is 11.9 Å². The maximum absolute atomic E-state index is 12.3. The lowest BCUT2D eigenvalue weighted by Gasteiger charge is -2.11. The Balaban J connectivity index is 2.08. The van der Waals surface area contributed by atoms with E-state index in [1.165, 1.54) is 0 Å². The zero-order chi connectivity index (χ0) is 17.7. The Kier molecular flexibility index (Phi) is 6.15. The van der Waals surface area contributed by atoms with Crippen LogP contribution in [0.2, 0.25) is 0 Å². The number of carbonyl (C=O) groups excluding carboxylic acids is 2. The zero-order valence-electron chi connectivity index (χ0n) is 14.0. The number of aryl methyl sites for hydroxylation is 1. The van der Waals surface area contributed by atoms with Gasteiger partial charge in [-0.15, -0.1) is 0 Å². The Morgan fingerprint density at radius 2 is 1.62 bits per heavy atom. The molecule has 2 rings (SSSR count). The van der Waals surface area contributed by atoms with Crippen molar-refractivity contribution >= 4 is 33.4 Å². The molecule has 2 amide bonds. The molecule has 0 fully saturated rings. The number of hydrogen-bond acceptors (Lipinski definition) is 2. The van der Waals surface area contributed by atoms with Gasteiger partial charge in [0.2, 0.25) is 0 Å². The van der Waals surface area contributed by atoms with Gasteiger partial charge in [-0.3, -0.25) is 9.59 Å². The monoisotopic (exact) mass is 388 g/mol. The average molecular weight is 389 g/mol. The van der Waals surface area contributed by atoms with E-state index < -0.39 is 0 Å². The fourth-order valence-corrected chi connectivity index (χ4v) is 2.40. The first-order valence-corrected chi connectivity index (χ1v) is 8.62. The number of nitrogens with one attached hydrogen (secondary N) is 2. The smallest absolute Gasteiger partial charge is 0.255 e. The Hall–Kier alpha value is -2.14. The van der Waals surface area contributed by atoms with Gasteiger partial charge in [0.1, 0.15) is 0 Å². The first-order chi connectivity index (χ1) is 11.4. The number of rotatable bonds is 5. The standard InChI is InChI=1S/C19H21BrN2O2/c1-12(2)11-21-18(23)15-6-9-17(13(3)10-15)22-19(24)14-4-7-16(20)8-5-14/h4-10,12H,11H2,1-3H3,(H,21,23)(H,22,24). The van der Waals surface area contributed by atoms with Crippen molar-refractivity contribution in [1.82, 2.24) is 5.32 Å². The second kappa shape index (κ2) is 8.11. The highest BCUT2D eigenvalue weighted by atomic mass is 79.9.